The van der Waals surface area contributed by atoms with Crippen molar-refractivity contribution in [2.75, 3.05) is 13.2 Å². The SMILES string of the molecule is O=C(Cc1nc2n(c(=O)c1O)CCNC2COCc1ccccc1)NCc1ccc(F)cc1. The van der Waals surface area contributed by atoms with Gasteiger partial charge in [-0.1, -0.05) is 42.5 Å². The summed E-state index contributed by atoms with van der Waals surface area (Å²) in [5.74, 6) is -0.864. The molecule has 1 atom stereocenters. The van der Waals surface area contributed by atoms with Crippen LogP contribution in [-0.2, 0) is 35.6 Å². The Hall–Kier alpha value is -3.56. The lowest BCUT2D eigenvalue weighted by atomic mass is 10.1. The number of amides is 1. The van der Waals surface area contributed by atoms with Crippen LogP contribution in [0.15, 0.2) is 59.4 Å². The van der Waals surface area contributed by atoms with E-state index in [0.29, 0.717) is 25.5 Å². The molecule has 2 heterocycles. The number of nitrogens with one attached hydrogen (secondary N) is 2. The van der Waals surface area contributed by atoms with Crippen LogP contribution in [0.1, 0.15) is 28.7 Å². The molecular weight excluding hydrogens is 427 g/mol. The van der Waals surface area contributed by atoms with E-state index in [1.807, 2.05) is 30.3 Å². The minimum atomic E-state index is -0.573. The molecule has 1 aromatic heterocycles. The number of carbonyl (C=O) groups is 1. The zero-order valence-corrected chi connectivity index (χ0v) is 18.0. The molecule has 1 unspecified atom stereocenters. The van der Waals surface area contributed by atoms with Crippen LogP contribution in [0.3, 0.4) is 0 Å². The highest BCUT2D eigenvalue weighted by Crippen LogP contribution is 2.19. The number of aromatic hydroxyl groups is 1. The van der Waals surface area contributed by atoms with Crippen molar-refractivity contribution in [3.05, 3.63) is 93.4 Å². The fraction of sp³-hybridized carbons (Fsp3) is 0.292. The van der Waals surface area contributed by atoms with Gasteiger partial charge in [0.2, 0.25) is 11.7 Å². The number of fused-ring (bicyclic) bond motifs is 1. The van der Waals surface area contributed by atoms with Gasteiger partial charge in [-0.15, -0.1) is 0 Å². The topological polar surface area (TPSA) is 105 Å². The van der Waals surface area contributed by atoms with Gasteiger partial charge in [-0.05, 0) is 23.3 Å². The first-order valence-electron chi connectivity index (χ1n) is 10.7. The maximum atomic E-state index is 13.0. The highest BCUT2D eigenvalue weighted by molar-refractivity contribution is 5.78. The third-order valence-corrected chi connectivity index (χ3v) is 5.41. The van der Waals surface area contributed by atoms with Gasteiger partial charge in [-0.25, -0.2) is 9.37 Å². The average molecular weight is 452 g/mol. The van der Waals surface area contributed by atoms with Crippen molar-refractivity contribution in [2.45, 2.75) is 32.2 Å². The van der Waals surface area contributed by atoms with Gasteiger partial charge in [-0.3, -0.25) is 14.2 Å². The van der Waals surface area contributed by atoms with E-state index in [9.17, 15) is 19.1 Å². The molecule has 2 aromatic carbocycles. The molecule has 0 saturated carbocycles. The molecule has 3 aromatic rings. The molecule has 0 saturated heterocycles. The molecule has 1 aliphatic heterocycles. The highest BCUT2D eigenvalue weighted by Gasteiger charge is 2.26. The minimum absolute atomic E-state index is 0.0135. The molecular formula is C24H25FN4O4. The Morgan fingerprint density at radius 2 is 1.94 bits per heavy atom. The van der Waals surface area contributed by atoms with Crippen LogP contribution in [0, 0.1) is 5.82 Å². The highest BCUT2D eigenvalue weighted by atomic mass is 19.1. The summed E-state index contributed by atoms with van der Waals surface area (Å²) in [5.41, 5.74) is 1.20. The molecule has 0 radical (unpaired) electrons. The number of ether oxygens (including phenoxy) is 1. The zero-order valence-electron chi connectivity index (χ0n) is 18.0. The molecule has 0 aliphatic carbocycles. The average Bonchev–Trinajstić information content (AvgIpc) is 2.83. The molecule has 0 bridgehead atoms. The second-order valence-corrected chi connectivity index (χ2v) is 7.81. The van der Waals surface area contributed by atoms with Crippen LogP contribution < -0.4 is 16.2 Å². The molecule has 0 fully saturated rings. The molecule has 1 amide bonds. The largest absolute Gasteiger partial charge is 0.502 e. The Morgan fingerprint density at radius 1 is 1.18 bits per heavy atom. The predicted molar refractivity (Wildman–Crippen MR) is 119 cm³/mol. The van der Waals surface area contributed by atoms with Gasteiger partial charge < -0.3 is 20.5 Å². The smallest absolute Gasteiger partial charge is 0.296 e. The number of hydrogen-bond acceptors (Lipinski definition) is 6. The van der Waals surface area contributed by atoms with Crippen molar-refractivity contribution in [2.24, 2.45) is 0 Å². The van der Waals surface area contributed by atoms with E-state index >= 15 is 0 Å². The predicted octanol–water partition coefficient (Wildman–Crippen LogP) is 1.81. The first kappa shape index (κ1) is 22.6. The van der Waals surface area contributed by atoms with Crippen LogP contribution in [0.25, 0.3) is 0 Å². The first-order chi connectivity index (χ1) is 16.0. The summed E-state index contributed by atoms with van der Waals surface area (Å²) in [6, 6.07) is 15.1. The fourth-order valence-electron chi connectivity index (χ4n) is 3.67. The number of rotatable bonds is 8. The van der Waals surface area contributed by atoms with Gasteiger partial charge >= 0.3 is 0 Å². The third kappa shape index (κ3) is 5.63. The number of nitrogens with zero attached hydrogens (tertiary/aromatic N) is 2. The number of benzene rings is 2. The number of aromatic nitrogens is 2. The molecule has 8 nitrogen and oxygen atoms in total. The lowest BCUT2D eigenvalue weighted by molar-refractivity contribution is -0.120. The molecule has 33 heavy (non-hydrogen) atoms. The van der Waals surface area contributed by atoms with E-state index in [1.165, 1.54) is 16.7 Å². The van der Waals surface area contributed by atoms with Gasteiger partial charge in [0.15, 0.2) is 0 Å². The van der Waals surface area contributed by atoms with Crippen molar-refractivity contribution in [1.29, 1.82) is 0 Å². The number of halogens is 1. The summed E-state index contributed by atoms with van der Waals surface area (Å²) >= 11 is 0. The molecule has 1 aliphatic rings. The van der Waals surface area contributed by atoms with E-state index in [2.05, 4.69) is 15.6 Å². The summed E-state index contributed by atoms with van der Waals surface area (Å²) in [7, 11) is 0. The van der Waals surface area contributed by atoms with Crippen molar-refractivity contribution in [1.82, 2.24) is 20.2 Å². The third-order valence-electron chi connectivity index (χ3n) is 5.41. The normalized spacial score (nSPS) is 15.1. The van der Waals surface area contributed by atoms with E-state index in [0.717, 1.165) is 11.1 Å². The number of carbonyl (C=O) groups excluding carboxylic acids is 1. The second-order valence-electron chi connectivity index (χ2n) is 7.81. The van der Waals surface area contributed by atoms with Gasteiger partial charge in [-0.2, -0.15) is 0 Å². The van der Waals surface area contributed by atoms with Crippen molar-refractivity contribution in [3.8, 4) is 5.75 Å². The van der Waals surface area contributed by atoms with E-state index < -0.39 is 17.2 Å². The minimum Gasteiger partial charge on any atom is -0.502 e. The first-order valence-corrected chi connectivity index (χ1v) is 10.7. The Labute approximate surface area is 190 Å². The van der Waals surface area contributed by atoms with Crippen LogP contribution in [0.2, 0.25) is 0 Å². The van der Waals surface area contributed by atoms with Gasteiger partial charge in [0.05, 0.1) is 31.4 Å². The summed E-state index contributed by atoms with van der Waals surface area (Å²) in [6.07, 6.45) is -0.256. The van der Waals surface area contributed by atoms with Crippen LogP contribution >= 0.6 is 0 Å². The quantitative estimate of drug-likeness (QED) is 0.482. The molecule has 0 spiro atoms. The molecule has 9 heteroatoms. The summed E-state index contributed by atoms with van der Waals surface area (Å²) in [5, 5.41) is 16.3. The Balaban J connectivity index is 1.44. The van der Waals surface area contributed by atoms with E-state index in [-0.39, 0.29) is 37.1 Å². The van der Waals surface area contributed by atoms with Crippen LogP contribution in [0.4, 0.5) is 4.39 Å². The van der Waals surface area contributed by atoms with Crippen LogP contribution in [-0.4, -0.2) is 33.7 Å². The Bertz CT molecular complexity index is 1170. The van der Waals surface area contributed by atoms with E-state index in [1.54, 1.807) is 12.1 Å². The summed E-state index contributed by atoms with van der Waals surface area (Å²) in [4.78, 5) is 29.6. The maximum Gasteiger partial charge on any atom is 0.296 e. The number of hydrogen-bond donors (Lipinski definition) is 3. The standard InChI is InChI=1S/C24H25FN4O4/c25-18-8-6-16(7-9-18)13-27-21(30)12-19-22(31)24(32)29-11-10-26-20(23(29)28-19)15-33-14-17-4-2-1-3-5-17/h1-9,20,26,31H,10-15H2,(H,27,30). The van der Waals surface area contributed by atoms with Crippen molar-refractivity contribution in [3.63, 3.8) is 0 Å². The lowest BCUT2D eigenvalue weighted by Crippen LogP contribution is -2.42. The maximum absolute atomic E-state index is 13.0. The Morgan fingerprint density at radius 3 is 2.70 bits per heavy atom. The fourth-order valence-corrected chi connectivity index (χ4v) is 3.67. The van der Waals surface area contributed by atoms with Crippen molar-refractivity contribution < 1.29 is 19.0 Å². The van der Waals surface area contributed by atoms with Crippen molar-refractivity contribution >= 4 is 5.91 Å². The Kier molecular flexibility index (Phi) is 7.11. The molecule has 3 N–H and O–H groups in total. The zero-order chi connectivity index (χ0) is 23.2. The van der Waals surface area contributed by atoms with Gasteiger partial charge in [0, 0.05) is 19.6 Å². The van der Waals surface area contributed by atoms with Crippen LogP contribution in [0.5, 0.6) is 5.75 Å². The molecule has 172 valence electrons. The summed E-state index contributed by atoms with van der Waals surface area (Å²) in [6.45, 7) is 1.79. The van der Waals surface area contributed by atoms with Gasteiger partial charge in [0.1, 0.15) is 11.6 Å². The molecule has 4 rings (SSSR count). The monoisotopic (exact) mass is 452 g/mol. The second kappa shape index (κ2) is 10.4. The van der Waals surface area contributed by atoms with Gasteiger partial charge in [0.25, 0.3) is 5.56 Å². The lowest BCUT2D eigenvalue weighted by Gasteiger charge is -2.27. The summed E-state index contributed by atoms with van der Waals surface area (Å²) < 4.78 is 20.3. The van der Waals surface area contributed by atoms with E-state index in [4.69, 9.17) is 4.74 Å².